The van der Waals surface area contributed by atoms with Gasteiger partial charge in [-0.25, -0.2) is 5.01 Å². The molecule has 1 aliphatic rings. The summed E-state index contributed by atoms with van der Waals surface area (Å²) in [5.41, 5.74) is 3.07. The molecule has 0 radical (unpaired) electrons. The Hall–Kier alpha value is -3.88. The highest BCUT2D eigenvalue weighted by Crippen LogP contribution is 2.36. The number of nitrogens with one attached hydrogen (secondary N) is 1. The maximum absolute atomic E-state index is 12.7. The molecule has 2 aromatic rings. The molecule has 0 unspecified atom stereocenters. The van der Waals surface area contributed by atoms with Crippen LogP contribution in [0, 0.1) is 17.0 Å². The first kappa shape index (κ1) is 18.9. The third-order valence-electron chi connectivity index (χ3n) is 4.02. The smallest absolute Gasteiger partial charge is 0.282 e. The number of nitro groups is 1. The van der Waals surface area contributed by atoms with Crippen molar-refractivity contribution in [2.24, 2.45) is 0 Å². The highest BCUT2D eigenvalue weighted by Gasteiger charge is 2.34. The van der Waals surface area contributed by atoms with E-state index in [1.54, 1.807) is 25.1 Å². The SMILES string of the molecule is CCOc1cc(/C=C2/C(=O)NN(c3cccc(C)c3)C2=O)cc([N+](=O)[O-])c1[O-]. The number of anilines is 1. The summed E-state index contributed by atoms with van der Waals surface area (Å²) in [5, 5.41) is 24.3. The molecular weight excluding hydrogens is 366 g/mol. The lowest BCUT2D eigenvalue weighted by Crippen LogP contribution is -2.35. The van der Waals surface area contributed by atoms with Crippen molar-refractivity contribution < 1.29 is 24.4 Å². The number of rotatable bonds is 5. The van der Waals surface area contributed by atoms with Crippen molar-refractivity contribution in [2.45, 2.75) is 13.8 Å². The summed E-state index contributed by atoms with van der Waals surface area (Å²) in [4.78, 5) is 35.3. The van der Waals surface area contributed by atoms with E-state index in [0.717, 1.165) is 16.6 Å². The summed E-state index contributed by atoms with van der Waals surface area (Å²) in [6, 6.07) is 9.26. The molecule has 2 aromatic carbocycles. The minimum atomic E-state index is -0.863. The summed E-state index contributed by atoms with van der Waals surface area (Å²) in [6.07, 6.45) is 1.20. The first-order chi connectivity index (χ1) is 13.3. The summed E-state index contributed by atoms with van der Waals surface area (Å²) in [5.74, 6) is -2.34. The number of amides is 2. The molecule has 0 atom stereocenters. The summed E-state index contributed by atoms with van der Waals surface area (Å²) < 4.78 is 5.15. The molecule has 9 heteroatoms. The monoisotopic (exact) mass is 382 g/mol. The zero-order chi connectivity index (χ0) is 20.4. The van der Waals surface area contributed by atoms with Crippen molar-refractivity contribution in [3.8, 4) is 11.5 Å². The van der Waals surface area contributed by atoms with Gasteiger partial charge in [-0.1, -0.05) is 12.1 Å². The molecule has 0 bridgehead atoms. The number of carbonyl (C=O) groups excluding carboxylic acids is 2. The Balaban J connectivity index is 2.02. The molecule has 1 aliphatic heterocycles. The Morgan fingerprint density at radius 1 is 1.25 bits per heavy atom. The molecule has 3 rings (SSSR count). The minimum absolute atomic E-state index is 0.132. The van der Waals surface area contributed by atoms with E-state index in [1.807, 2.05) is 13.0 Å². The third-order valence-corrected chi connectivity index (χ3v) is 4.02. The van der Waals surface area contributed by atoms with Crippen LogP contribution in [0.1, 0.15) is 18.1 Å². The third kappa shape index (κ3) is 3.50. The van der Waals surface area contributed by atoms with Crippen LogP contribution in [0.3, 0.4) is 0 Å². The number of carbonyl (C=O) groups is 2. The molecule has 1 saturated heterocycles. The predicted octanol–water partition coefficient (Wildman–Crippen LogP) is 1.84. The predicted molar refractivity (Wildman–Crippen MR) is 98.5 cm³/mol. The molecule has 0 spiro atoms. The largest absolute Gasteiger partial charge is 0.865 e. The Morgan fingerprint density at radius 2 is 2.00 bits per heavy atom. The molecular formula is C19H16N3O6-. The van der Waals surface area contributed by atoms with Gasteiger partial charge < -0.3 is 9.84 Å². The van der Waals surface area contributed by atoms with Crippen molar-refractivity contribution >= 4 is 29.3 Å². The van der Waals surface area contributed by atoms with Gasteiger partial charge in [0.2, 0.25) is 0 Å². The first-order valence-electron chi connectivity index (χ1n) is 8.38. The van der Waals surface area contributed by atoms with Crippen LogP contribution in [0.4, 0.5) is 11.4 Å². The van der Waals surface area contributed by atoms with E-state index in [-0.39, 0.29) is 23.5 Å². The van der Waals surface area contributed by atoms with Gasteiger partial charge in [0.1, 0.15) is 11.3 Å². The lowest BCUT2D eigenvalue weighted by atomic mass is 10.1. The Bertz CT molecular complexity index is 1010. The van der Waals surface area contributed by atoms with Crippen LogP contribution in [0.25, 0.3) is 6.08 Å². The standard InChI is InChI=1S/C19H17N3O6/c1-3-28-16-10-12(9-15(17(16)23)22(26)27)8-14-18(24)20-21(19(14)25)13-6-4-5-11(2)7-13/h4-10,23H,3H2,1-2H3,(H,20,24)/p-1/b14-8-. The minimum Gasteiger partial charge on any atom is -0.865 e. The van der Waals surface area contributed by atoms with Crippen LogP contribution in [0.2, 0.25) is 0 Å². The van der Waals surface area contributed by atoms with Gasteiger partial charge in [-0.3, -0.25) is 25.1 Å². The van der Waals surface area contributed by atoms with Crippen LogP contribution in [0.15, 0.2) is 42.0 Å². The molecule has 0 aliphatic carbocycles. The number of hydrogen-bond acceptors (Lipinski definition) is 6. The second-order valence-electron chi connectivity index (χ2n) is 6.04. The van der Waals surface area contributed by atoms with E-state index in [2.05, 4.69) is 5.43 Å². The molecule has 0 aromatic heterocycles. The van der Waals surface area contributed by atoms with Crippen molar-refractivity contribution in [2.75, 3.05) is 11.6 Å². The summed E-state index contributed by atoms with van der Waals surface area (Å²) in [6.45, 7) is 3.61. The van der Waals surface area contributed by atoms with Crippen molar-refractivity contribution in [3.63, 3.8) is 0 Å². The lowest BCUT2D eigenvalue weighted by molar-refractivity contribution is -0.398. The first-order valence-corrected chi connectivity index (χ1v) is 8.38. The maximum atomic E-state index is 12.7. The van der Waals surface area contributed by atoms with Gasteiger partial charge in [0, 0.05) is 11.8 Å². The average molecular weight is 382 g/mol. The second-order valence-corrected chi connectivity index (χ2v) is 6.04. The van der Waals surface area contributed by atoms with Crippen molar-refractivity contribution in [3.05, 3.63) is 63.2 Å². The number of aryl methyl sites for hydroxylation is 1. The number of hydrazine groups is 1. The van der Waals surface area contributed by atoms with Crippen LogP contribution in [0.5, 0.6) is 11.5 Å². The van der Waals surface area contributed by atoms with E-state index in [1.165, 1.54) is 12.1 Å². The fourth-order valence-corrected chi connectivity index (χ4v) is 2.76. The zero-order valence-corrected chi connectivity index (χ0v) is 15.1. The number of nitrogens with zero attached hydrogens (tertiary/aromatic N) is 2. The highest BCUT2D eigenvalue weighted by molar-refractivity contribution is 6.31. The van der Waals surface area contributed by atoms with Gasteiger partial charge in [0.15, 0.2) is 0 Å². The van der Waals surface area contributed by atoms with E-state index in [4.69, 9.17) is 4.74 Å². The van der Waals surface area contributed by atoms with Crippen LogP contribution in [-0.4, -0.2) is 23.3 Å². The molecule has 144 valence electrons. The molecule has 0 saturated carbocycles. The molecule has 1 fully saturated rings. The number of benzene rings is 2. The average Bonchev–Trinajstić information content (AvgIpc) is 2.92. The fourth-order valence-electron chi connectivity index (χ4n) is 2.76. The number of ether oxygens (including phenoxy) is 1. The molecule has 1 heterocycles. The Labute approximate surface area is 160 Å². The van der Waals surface area contributed by atoms with E-state index in [9.17, 15) is 24.8 Å². The van der Waals surface area contributed by atoms with Gasteiger partial charge in [0.25, 0.3) is 17.5 Å². The number of hydrogen-bond donors (Lipinski definition) is 1. The molecule has 9 nitrogen and oxygen atoms in total. The Morgan fingerprint density at radius 3 is 2.64 bits per heavy atom. The zero-order valence-electron chi connectivity index (χ0n) is 15.1. The highest BCUT2D eigenvalue weighted by atomic mass is 16.6. The van der Waals surface area contributed by atoms with E-state index >= 15 is 0 Å². The van der Waals surface area contributed by atoms with Gasteiger partial charge >= 0.3 is 0 Å². The summed E-state index contributed by atoms with van der Waals surface area (Å²) in [7, 11) is 0. The molecule has 2 amide bonds. The van der Waals surface area contributed by atoms with Crippen molar-refractivity contribution in [1.82, 2.24) is 5.43 Å². The quantitative estimate of drug-likeness (QED) is 0.364. The van der Waals surface area contributed by atoms with Crippen LogP contribution in [-0.2, 0) is 9.59 Å². The van der Waals surface area contributed by atoms with Gasteiger partial charge in [-0.2, -0.15) is 0 Å². The summed E-state index contributed by atoms with van der Waals surface area (Å²) >= 11 is 0. The second kappa shape index (κ2) is 7.39. The van der Waals surface area contributed by atoms with E-state index in [0.29, 0.717) is 5.69 Å². The van der Waals surface area contributed by atoms with Crippen LogP contribution < -0.4 is 20.3 Å². The molecule has 28 heavy (non-hydrogen) atoms. The normalized spacial score (nSPS) is 15.1. The van der Waals surface area contributed by atoms with Gasteiger partial charge in [-0.05, 0) is 49.2 Å². The Kier molecular flexibility index (Phi) is 4.99. The van der Waals surface area contributed by atoms with Gasteiger partial charge in [0.05, 0.1) is 17.2 Å². The van der Waals surface area contributed by atoms with E-state index < -0.39 is 28.2 Å². The number of nitro benzene ring substituents is 1. The lowest BCUT2D eigenvalue weighted by Gasteiger charge is -2.15. The van der Waals surface area contributed by atoms with Crippen LogP contribution >= 0.6 is 0 Å². The maximum Gasteiger partial charge on any atom is 0.282 e. The topological polar surface area (TPSA) is 125 Å². The van der Waals surface area contributed by atoms with Gasteiger partial charge in [-0.15, -0.1) is 0 Å². The fraction of sp³-hybridized carbons (Fsp3) is 0.158. The van der Waals surface area contributed by atoms with Crippen molar-refractivity contribution in [1.29, 1.82) is 0 Å². The molecule has 1 N–H and O–H groups in total.